The van der Waals surface area contributed by atoms with E-state index in [1.54, 1.807) is 0 Å². The summed E-state index contributed by atoms with van der Waals surface area (Å²) in [5, 5.41) is 6.60. The molecular formula is C14H10BrCl3F3N3O2. The number of nitrogens with one attached hydrogen (secondary N) is 1. The molecule has 0 aliphatic carbocycles. The average Bonchev–Trinajstić information content (AvgIpc) is 2.87. The first-order valence-electron chi connectivity index (χ1n) is 6.90. The molecule has 1 amide bonds. The van der Waals surface area contributed by atoms with Gasteiger partial charge in [0.2, 0.25) is 3.79 Å². The van der Waals surface area contributed by atoms with Crippen LogP contribution >= 0.6 is 50.7 Å². The molecule has 1 aromatic heterocycles. The fourth-order valence-corrected chi connectivity index (χ4v) is 2.57. The maximum atomic E-state index is 14.0. The van der Waals surface area contributed by atoms with Crippen molar-refractivity contribution in [3.63, 3.8) is 0 Å². The Morgan fingerprint density at radius 3 is 2.42 bits per heavy atom. The van der Waals surface area contributed by atoms with Crippen LogP contribution in [0.4, 0.5) is 23.7 Å². The van der Waals surface area contributed by atoms with Crippen LogP contribution in [0.1, 0.15) is 5.69 Å². The molecule has 26 heavy (non-hydrogen) atoms. The fourth-order valence-electron chi connectivity index (χ4n) is 2.03. The third-order valence-corrected chi connectivity index (χ3v) is 3.72. The van der Waals surface area contributed by atoms with E-state index in [9.17, 15) is 18.0 Å². The number of carbonyl (C=O) groups excluding carboxylic acids is 1. The maximum absolute atomic E-state index is 14.0. The molecule has 2 aromatic rings. The molecular weight excluding hydrogens is 485 g/mol. The van der Waals surface area contributed by atoms with E-state index in [-0.39, 0.29) is 17.8 Å². The van der Waals surface area contributed by atoms with Crippen molar-refractivity contribution in [1.82, 2.24) is 9.78 Å². The predicted octanol–water partition coefficient (Wildman–Crippen LogP) is 5.15. The van der Waals surface area contributed by atoms with Gasteiger partial charge in [-0.05, 0) is 0 Å². The molecule has 0 radical (unpaired) electrons. The Hall–Kier alpha value is -1.16. The minimum absolute atomic E-state index is 0.127. The Balaban J connectivity index is 2.33. The minimum atomic E-state index is -1.79. The second-order valence-electron chi connectivity index (χ2n) is 4.89. The number of nitrogens with zero attached hydrogens (tertiary/aromatic N) is 2. The smallest absolute Gasteiger partial charge is 0.411 e. The van der Waals surface area contributed by atoms with E-state index >= 15 is 0 Å². The van der Waals surface area contributed by atoms with Gasteiger partial charge in [0.05, 0.1) is 17.6 Å². The SMILES string of the molecule is O=C(Nc1cnn(-c2c(F)cc(F)cc2F)c1CCBr)OCC(Cl)(Cl)Cl. The van der Waals surface area contributed by atoms with Crippen LogP contribution in [0.5, 0.6) is 0 Å². The molecule has 2 rings (SSSR count). The van der Waals surface area contributed by atoms with Gasteiger partial charge in [-0.25, -0.2) is 22.6 Å². The van der Waals surface area contributed by atoms with Crippen molar-refractivity contribution >= 4 is 62.5 Å². The number of aromatic nitrogens is 2. The lowest BCUT2D eigenvalue weighted by Gasteiger charge is -2.13. The molecule has 142 valence electrons. The van der Waals surface area contributed by atoms with Crippen LogP contribution in [0.2, 0.25) is 0 Å². The number of hydrogen-bond donors (Lipinski definition) is 1. The molecule has 0 saturated carbocycles. The number of hydrogen-bond acceptors (Lipinski definition) is 3. The summed E-state index contributed by atoms with van der Waals surface area (Å²) in [5.41, 5.74) is -0.205. The zero-order chi connectivity index (χ0) is 19.5. The minimum Gasteiger partial charge on any atom is -0.445 e. The lowest BCUT2D eigenvalue weighted by molar-refractivity contribution is 0.164. The van der Waals surface area contributed by atoms with E-state index in [4.69, 9.17) is 39.5 Å². The quantitative estimate of drug-likeness (QED) is 0.584. The van der Waals surface area contributed by atoms with E-state index < -0.39 is 39.6 Å². The van der Waals surface area contributed by atoms with Crippen LogP contribution in [0, 0.1) is 17.5 Å². The molecule has 12 heteroatoms. The van der Waals surface area contributed by atoms with E-state index in [0.29, 0.717) is 17.5 Å². The lowest BCUT2D eigenvalue weighted by atomic mass is 10.2. The summed E-state index contributed by atoms with van der Waals surface area (Å²) < 4.78 is 45.0. The number of benzene rings is 1. The van der Waals surface area contributed by atoms with Gasteiger partial charge in [-0.15, -0.1) is 0 Å². The van der Waals surface area contributed by atoms with E-state index in [2.05, 4.69) is 26.3 Å². The molecule has 0 saturated heterocycles. The molecule has 1 heterocycles. The van der Waals surface area contributed by atoms with Gasteiger partial charge >= 0.3 is 6.09 Å². The summed E-state index contributed by atoms with van der Waals surface area (Å²) in [6, 6.07) is 1.06. The van der Waals surface area contributed by atoms with Crippen LogP contribution in [-0.4, -0.2) is 31.6 Å². The van der Waals surface area contributed by atoms with Gasteiger partial charge in [-0.2, -0.15) is 5.10 Å². The average molecular weight is 496 g/mol. The normalized spacial score (nSPS) is 11.5. The van der Waals surface area contributed by atoms with Crippen molar-refractivity contribution in [3.8, 4) is 5.69 Å². The highest BCUT2D eigenvalue weighted by molar-refractivity contribution is 9.09. The Kier molecular flexibility index (Phi) is 7.06. The molecule has 0 fully saturated rings. The molecule has 0 atom stereocenters. The molecule has 0 aliphatic rings. The van der Waals surface area contributed by atoms with Crippen molar-refractivity contribution < 1.29 is 22.7 Å². The van der Waals surface area contributed by atoms with Crippen LogP contribution in [0.15, 0.2) is 18.3 Å². The Labute approximate surface area is 169 Å². The molecule has 0 bridgehead atoms. The highest BCUT2D eigenvalue weighted by atomic mass is 79.9. The number of halogens is 7. The van der Waals surface area contributed by atoms with Crippen LogP contribution < -0.4 is 5.32 Å². The summed E-state index contributed by atoms with van der Waals surface area (Å²) in [4.78, 5) is 11.8. The van der Waals surface area contributed by atoms with Gasteiger partial charge in [0.15, 0.2) is 11.6 Å². The topological polar surface area (TPSA) is 56.2 Å². The van der Waals surface area contributed by atoms with Crippen molar-refractivity contribution in [1.29, 1.82) is 0 Å². The van der Waals surface area contributed by atoms with Crippen LogP contribution in [0.25, 0.3) is 5.69 Å². The molecule has 0 aliphatic heterocycles. The van der Waals surface area contributed by atoms with Crippen molar-refractivity contribution in [2.75, 3.05) is 17.3 Å². The van der Waals surface area contributed by atoms with E-state index in [1.165, 1.54) is 0 Å². The first-order chi connectivity index (χ1) is 12.1. The summed E-state index contributed by atoms with van der Waals surface area (Å²) in [6.45, 7) is -0.507. The number of ether oxygens (including phenoxy) is 1. The Bertz CT molecular complexity index is 791. The zero-order valence-electron chi connectivity index (χ0n) is 12.7. The van der Waals surface area contributed by atoms with Gasteiger partial charge in [0, 0.05) is 23.9 Å². The highest BCUT2D eigenvalue weighted by Gasteiger charge is 2.24. The van der Waals surface area contributed by atoms with Crippen molar-refractivity contribution in [2.45, 2.75) is 10.2 Å². The summed E-state index contributed by atoms with van der Waals surface area (Å²) in [6.07, 6.45) is 0.444. The third-order valence-electron chi connectivity index (χ3n) is 3.00. The molecule has 1 aromatic carbocycles. The number of alkyl halides is 4. The van der Waals surface area contributed by atoms with Gasteiger partial charge in [-0.1, -0.05) is 50.7 Å². The number of amides is 1. The second kappa shape index (κ2) is 8.69. The van der Waals surface area contributed by atoms with E-state index in [0.717, 1.165) is 10.9 Å². The summed E-state index contributed by atoms with van der Waals surface area (Å²) in [7, 11) is 0. The van der Waals surface area contributed by atoms with Gasteiger partial charge in [-0.3, -0.25) is 5.32 Å². The van der Waals surface area contributed by atoms with Crippen molar-refractivity contribution in [2.24, 2.45) is 0 Å². The number of carbonyl (C=O) groups is 1. The van der Waals surface area contributed by atoms with Gasteiger partial charge in [0.1, 0.15) is 18.1 Å². The predicted molar refractivity (Wildman–Crippen MR) is 96.2 cm³/mol. The monoisotopic (exact) mass is 493 g/mol. The highest BCUT2D eigenvalue weighted by Crippen LogP contribution is 2.27. The lowest BCUT2D eigenvalue weighted by Crippen LogP contribution is -2.21. The fraction of sp³-hybridized carbons (Fsp3) is 0.286. The molecule has 0 unspecified atom stereocenters. The number of anilines is 1. The standard InChI is InChI=1S/C14H10BrCl3F3N3O2/c15-2-1-11-10(23-13(25)26-6-14(16,17)18)5-22-24(11)12-8(20)3-7(19)4-9(12)21/h3-5H,1-2,6H2,(H,23,25). The van der Waals surface area contributed by atoms with E-state index in [1.807, 2.05) is 0 Å². The van der Waals surface area contributed by atoms with Crippen molar-refractivity contribution in [3.05, 3.63) is 41.5 Å². The second-order valence-corrected chi connectivity index (χ2v) is 8.20. The molecule has 1 N–H and O–H groups in total. The van der Waals surface area contributed by atoms with Crippen LogP contribution in [-0.2, 0) is 11.2 Å². The van der Waals surface area contributed by atoms with Gasteiger partial charge in [0.25, 0.3) is 0 Å². The summed E-state index contributed by atoms with van der Waals surface area (Å²) >= 11 is 19.6. The first kappa shape index (κ1) is 21.1. The zero-order valence-corrected chi connectivity index (χ0v) is 16.6. The van der Waals surface area contributed by atoms with Crippen LogP contribution in [0.3, 0.4) is 0 Å². The Morgan fingerprint density at radius 2 is 1.88 bits per heavy atom. The largest absolute Gasteiger partial charge is 0.445 e. The van der Waals surface area contributed by atoms with Gasteiger partial charge < -0.3 is 4.74 Å². The molecule has 5 nitrogen and oxygen atoms in total. The maximum Gasteiger partial charge on any atom is 0.411 e. The number of rotatable bonds is 5. The molecule has 0 spiro atoms. The summed E-state index contributed by atoms with van der Waals surface area (Å²) in [5.74, 6) is -3.36. The third kappa shape index (κ3) is 5.42. The first-order valence-corrected chi connectivity index (χ1v) is 9.16. The Morgan fingerprint density at radius 1 is 1.27 bits per heavy atom.